The van der Waals surface area contributed by atoms with Crippen LogP contribution in [0.1, 0.15) is 22.0 Å². The average Bonchev–Trinajstić information content (AvgIpc) is 3.39. The van der Waals surface area contributed by atoms with E-state index < -0.39 is 0 Å². The van der Waals surface area contributed by atoms with Crippen LogP contribution in [-0.2, 0) is 13.1 Å². The fourth-order valence-corrected chi connectivity index (χ4v) is 3.99. The van der Waals surface area contributed by atoms with Gasteiger partial charge in [-0.25, -0.2) is 0 Å². The highest BCUT2D eigenvalue weighted by Gasteiger charge is 2.15. The van der Waals surface area contributed by atoms with E-state index in [4.69, 9.17) is 0 Å². The summed E-state index contributed by atoms with van der Waals surface area (Å²) in [6, 6.07) is 15.0. The minimum absolute atomic E-state index is 0. The van der Waals surface area contributed by atoms with Crippen LogP contribution in [0.3, 0.4) is 0 Å². The zero-order valence-electron chi connectivity index (χ0n) is 17.1. The molecule has 3 rings (SSSR count). The van der Waals surface area contributed by atoms with Crippen molar-refractivity contribution in [3.05, 3.63) is 76.2 Å². The lowest BCUT2D eigenvalue weighted by Crippen LogP contribution is -2.41. The van der Waals surface area contributed by atoms with Crippen molar-refractivity contribution in [2.24, 2.45) is 4.99 Å². The predicted molar refractivity (Wildman–Crippen MR) is 132 cm³/mol. The molecule has 2 heterocycles. The average molecular weight is 524 g/mol. The summed E-state index contributed by atoms with van der Waals surface area (Å²) in [6.45, 7) is 2.27. The molecule has 1 aromatic carbocycles. The minimum atomic E-state index is 0. The molecule has 6 nitrogen and oxygen atoms in total. The molecular formula is C21H29IN6S. The fourth-order valence-electron chi connectivity index (χ4n) is 3.06. The normalized spacial score (nSPS) is 12.5. The first-order chi connectivity index (χ1) is 13.7. The van der Waals surface area contributed by atoms with Crippen molar-refractivity contribution >= 4 is 41.3 Å². The molecule has 0 aliphatic carbocycles. The Morgan fingerprint density at radius 2 is 1.93 bits per heavy atom. The summed E-state index contributed by atoms with van der Waals surface area (Å²) in [4.78, 5) is 7.96. The Labute approximate surface area is 194 Å². The third kappa shape index (κ3) is 6.83. The summed E-state index contributed by atoms with van der Waals surface area (Å²) in [5.41, 5.74) is 2.49. The molecule has 0 fully saturated rings. The second kappa shape index (κ2) is 11.9. The first-order valence-corrected chi connectivity index (χ1v) is 10.2. The lowest BCUT2D eigenvalue weighted by atomic mass is 10.1. The number of thiophene rings is 1. The Balaban J connectivity index is 0.00000300. The van der Waals surface area contributed by atoms with Crippen LogP contribution < -0.4 is 10.6 Å². The number of guanidine groups is 1. The molecule has 0 aliphatic heterocycles. The van der Waals surface area contributed by atoms with Gasteiger partial charge < -0.3 is 15.5 Å². The van der Waals surface area contributed by atoms with E-state index in [2.05, 4.69) is 81.5 Å². The Kier molecular flexibility index (Phi) is 9.62. The van der Waals surface area contributed by atoms with Crippen LogP contribution in [0.25, 0.3) is 0 Å². The minimum Gasteiger partial charge on any atom is -0.354 e. The van der Waals surface area contributed by atoms with Crippen LogP contribution in [0.5, 0.6) is 0 Å². The fraction of sp³-hybridized carbons (Fsp3) is 0.333. The number of hydrogen-bond donors (Lipinski definition) is 2. The molecule has 0 aliphatic rings. The van der Waals surface area contributed by atoms with Gasteiger partial charge in [-0.05, 0) is 42.7 Å². The number of nitrogens with zero attached hydrogens (tertiary/aromatic N) is 4. The van der Waals surface area contributed by atoms with E-state index in [9.17, 15) is 0 Å². The molecule has 2 N–H and O–H groups in total. The number of rotatable bonds is 8. The summed E-state index contributed by atoms with van der Waals surface area (Å²) < 4.78 is 1.94. The van der Waals surface area contributed by atoms with Gasteiger partial charge in [0.15, 0.2) is 5.96 Å². The van der Waals surface area contributed by atoms with Crippen LogP contribution in [0.15, 0.2) is 65.2 Å². The van der Waals surface area contributed by atoms with Crippen LogP contribution in [-0.4, -0.2) is 48.3 Å². The quantitative estimate of drug-likeness (QED) is 0.269. The molecule has 0 saturated heterocycles. The second-order valence-corrected chi connectivity index (χ2v) is 7.75. The molecule has 0 bridgehead atoms. The molecular weight excluding hydrogens is 495 g/mol. The van der Waals surface area contributed by atoms with E-state index in [1.165, 1.54) is 16.0 Å². The van der Waals surface area contributed by atoms with Crippen molar-refractivity contribution in [1.82, 2.24) is 25.3 Å². The zero-order chi connectivity index (χ0) is 19.8. The molecule has 1 atom stereocenters. The topological polar surface area (TPSA) is 57.5 Å². The van der Waals surface area contributed by atoms with Gasteiger partial charge in [-0.3, -0.25) is 9.67 Å². The van der Waals surface area contributed by atoms with Crippen molar-refractivity contribution in [3.8, 4) is 0 Å². The first-order valence-electron chi connectivity index (χ1n) is 9.36. The number of nitrogens with one attached hydrogen (secondary N) is 2. The lowest BCUT2D eigenvalue weighted by Gasteiger charge is -2.24. The van der Waals surface area contributed by atoms with Crippen LogP contribution in [0.4, 0.5) is 0 Å². The van der Waals surface area contributed by atoms with Gasteiger partial charge in [-0.2, -0.15) is 5.10 Å². The van der Waals surface area contributed by atoms with Crippen molar-refractivity contribution in [2.75, 3.05) is 27.7 Å². The highest BCUT2D eigenvalue weighted by molar-refractivity contribution is 14.0. The van der Waals surface area contributed by atoms with E-state index in [0.29, 0.717) is 12.6 Å². The van der Waals surface area contributed by atoms with Crippen LogP contribution >= 0.6 is 35.3 Å². The molecule has 1 unspecified atom stereocenters. The molecule has 0 spiro atoms. The van der Waals surface area contributed by atoms with Gasteiger partial charge in [-0.1, -0.05) is 30.3 Å². The smallest absolute Gasteiger partial charge is 0.191 e. The molecule has 3 aromatic rings. The Hall–Kier alpha value is -1.91. The summed E-state index contributed by atoms with van der Waals surface area (Å²) in [6.07, 6.45) is 3.79. The Bertz CT molecular complexity index is 861. The molecule has 29 heavy (non-hydrogen) atoms. The number of aliphatic imine (C=N–C) groups is 1. The molecule has 0 radical (unpaired) electrons. The number of halogens is 1. The van der Waals surface area contributed by atoms with Gasteiger partial charge in [0, 0.05) is 37.4 Å². The third-order valence-corrected chi connectivity index (χ3v) is 5.61. The van der Waals surface area contributed by atoms with Gasteiger partial charge in [0.05, 0.1) is 12.6 Å². The largest absolute Gasteiger partial charge is 0.354 e. The summed E-state index contributed by atoms with van der Waals surface area (Å²) >= 11 is 1.78. The van der Waals surface area contributed by atoms with Crippen molar-refractivity contribution in [1.29, 1.82) is 0 Å². The van der Waals surface area contributed by atoms with E-state index in [-0.39, 0.29) is 24.0 Å². The first kappa shape index (κ1) is 23.4. The molecule has 2 aromatic heterocycles. The maximum Gasteiger partial charge on any atom is 0.191 e. The monoisotopic (exact) mass is 524 g/mol. The Morgan fingerprint density at radius 1 is 1.14 bits per heavy atom. The van der Waals surface area contributed by atoms with E-state index >= 15 is 0 Å². The maximum absolute atomic E-state index is 4.38. The predicted octanol–water partition coefficient (Wildman–Crippen LogP) is 3.58. The number of likely N-dealkylation sites (N-methyl/N-ethyl adjacent to an activating group) is 1. The molecule has 0 saturated carbocycles. The molecule has 156 valence electrons. The summed E-state index contributed by atoms with van der Waals surface area (Å²) in [5.74, 6) is 0.803. The zero-order valence-corrected chi connectivity index (χ0v) is 20.2. The van der Waals surface area contributed by atoms with Gasteiger partial charge in [0.25, 0.3) is 0 Å². The standard InChI is InChI=1S/C21H28N6S.HI/c1-22-21(24-15-19(26(2)3)20-10-6-13-28-20)23-14-17-8-4-5-9-18(17)16-27-12-7-11-25-27;/h4-13,19H,14-16H2,1-3H3,(H2,22,23,24);1H. The Morgan fingerprint density at radius 3 is 2.55 bits per heavy atom. The van der Waals surface area contributed by atoms with Crippen molar-refractivity contribution < 1.29 is 0 Å². The van der Waals surface area contributed by atoms with E-state index in [1.807, 2.05) is 16.9 Å². The van der Waals surface area contributed by atoms with Crippen molar-refractivity contribution in [3.63, 3.8) is 0 Å². The van der Waals surface area contributed by atoms with Gasteiger partial charge in [-0.15, -0.1) is 35.3 Å². The highest BCUT2D eigenvalue weighted by atomic mass is 127. The van der Waals surface area contributed by atoms with E-state index in [1.54, 1.807) is 24.6 Å². The van der Waals surface area contributed by atoms with Gasteiger partial charge in [0.2, 0.25) is 0 Å². The second-order valence-electron chi connectivity index (χ2n) is 6.77. The SMILES string of the molecule is CN=C(NCc1ccccc1Cn1cccn1)NCC(c1cccs1)N(C)C.I. The van der Waals surface area contributed by atoms with Crippen molar-refractivity contribution in [2.45, 2.75) is 19.1 Å². The van der Waals surface area contributed by atoms with Crippen LogP contribution in [0.2, 0.25) is 0 Å². The highest BCUT2D eigenvalue weighted by Crippen LogP contribution is 2.22. The van der Waals surface area contributed by atoms with Gasteiger partial charge in [0.1, 0.15) is 0 Å². The number of benzene rings is 1. The number of aromatic nitrogens is 2. The number of hydrogen-bond acceptors (Lipinski definition) is 4. The molecule has 8 heteroatoms. The maximum atomic E-state index is 4.38. The summed E-state index contributed by atoms with van der Waals surface area (Å²) in [7, 11) is 6.02. The van der Waals surface area contributed by atoms with E-state index in [0.717, 1.165) is 19.0 Å². The molecule has 0 amide bonds. The lowest BCUT2D eigenvalue weighted by molar-refractivity contribution is 0.302. The van der Waals surface area contributed by atoms with Gasteiger partial charge >= 0.3 is 0 Å². The van der Waals surface area contributed by atoms with Crippen LogP contribution in [0, 0.1) is 0 Å². The summed E-state index contributed by atoms with van der Waals surface area (Å²) in [5, 5.41) is 13.3. The third-order valence-electron chi connectivity index (χ3n) is 4.64.